The second kappa shape index (κ2) is 4.40. The first-order valence-corrected chi connectivity index (χ1v) is 6.18. The largest absolute Gasteiger partial charge is 0.360 e. The Labute approximate surface area is 101 Å². The van der Waals surface area contributed by atoms with Crippen LogP contribution in [0.4, 0.5) is 0 Å². The summed E-state index contributed by atoms with van der Waals surface area (Å²) in [6.07, 6.45) is 2.10. The van der Waals surface area contributed by atoms with Crippen molar-refractivity contribution in [2.75, 3.05) is 26.3 Å². The van der Waals surface area contributed by atoms with Crippen molar-refractivity contribution in [3.8, 4) is 0 Å². The Hall–Kier alpha value is -0.910. The Kier molecular flexibility index (Phi) is 2.90. The van der Waals surface area contributed by atoms with Crippen molar-refractivity contribution in [2.24, 2.45) is 0 Å². The van der Waals surface area contributed by atoms with Crippen LogP contribution in [0.2, 0.25) is 0 Å². The third-order valence-corrected chi connectivity index (χ3v) is 3.37. The van der Waals surface area contributed by atoms with Gasteiger partial charge in [-0.1, -0.05) is 5.16 Å². The van der Waals surface area contributed by atoms with Crippen LogP contribution in [0.15, 0.2) is 10.6 Å². The molecule has 0 saturated carbocycles. The van der Waals surface area contributed by atoms with Gasteiger partial charge in [0, 0.05) is 12.5 Å². The maximum absolute atomic E-state index is 5.74. The van der Waals surface area contributed by atoms with E-state index in [0.29, 0.717) is 0 Å². The van der Waals surface area contributed by atoms with Crippen LogP contribution in [0.3, 0.4) is 0 Å². The Balaban J connectivity index is 1.64. The number of piperidine rings is 1. The minimum absolute atomic E-state index is 0.354. The van der Waals surface area contributed by atoms with Gasteiger partial charge in [-0.2, -0.15) is 0 Å². The summed E-state index contributed by atoms with van der Waals surface area (Å²) >= 11 is 0. The zero-order valence-corrected chi connectivity index (χ0v) is 10.1. The highest BCUT2D eigenvalue weighted by Gasteiger charge is 2.40. The van der Waals surface area contributed by atoms with Gasteiger partial charge in [0.1, 0.15) is 0 Å². The van der Waals surface area contributed by atoms with E-state index in [1.807, 2.05) is 13.0 Å². The lowest BCUT2D eigenvalue weighted by Gasteiger charge is -2.38. The minimum Gasteiger partial charge on any atom is -0.360 e. The molecule has 0 aromatic carbocycles. The van der Waals surface area contributed by atoms with Crippen LogP contribution in [0, 0.1) is 6.92 Å². The monoisotopic (exact) mass is 238 g/mol. The fourth-order valence-corrected chi connectivity index (χ4v) is 2.65. The van der Waals surface area contributed by atoms with Crippen LogP contribution in [-0.4, -0.2) is 42.1 Å². The van der Waals surface area contributed by atoms with Gasteiger partial charge in [-0.15, -0.1) is 0 Å². The number of likely N-dealkylation sites (tertiary alicyclic amines) is 1. The molecule has 3 rings (SSSR count). The fourth-order valence-electron chi connectivity index (χ4n) is 2.65. The van der Waals surface area contributed by atoms with E-state index in [1.165, 1.54) is 0 Å². The quantitative estimate of drug-likeness (QED) is 0.777. The van der Waals surface area contributed by atoms with Gasteiger partial charge in [-0.25, -0.2) is 0 Å². The molecule has 3 heterocycles. The molecule has 1 aromatic heterocycles. The zero-order chi connectivity index (χ0) is 11.7. The van der Waals surface area contributed by atoms with Gasteiger partial charge in [0.2, 0.25) is 0 Å². The van der Waals surface area contributed by atoms with E-state index < -0.39 is 0 Å². The summed E-state index contributed by atoms with van der Waals surface area (Å²) in [4.78, 5) is 2.31. The summed E-state index contributed by atoms with van der Waals surface area (Å²) in [5.74, 6) is 0.561. The first kappa shape index (κ1) is 11.2. The molecule has 0 bridgehead atoms. The number of rotatable bonds is 2. The highest BCUT2D eigenvalue weighted by molar-refractivity contribution is 5.03. The zero-order valence-electron chi connectivity index (χ0n) is 10.1. The Bertz CT molecular complexity index is 385. The lowest BCUT2D eigenvalue weighted by molar-refractivity contribution is -0.190. The van der Waals surface area contributed by atoms with Gasteiger partial charge in [-0.3, -0.25) is 4.90 Å². The predicted molar refractivity (Wildman–Crippen MR) is 60.4 cm³/mol. The van der Waals surface area contributed by atoms with Gasteiger partial charge in [0.25, 0.3) is 0 Å². The highest BCUT2D eigenvalue weighted by atomic mass is 16.7. The molecule has 1 aromatic rings. The average molecular weight is 238 g/mol. The Morgan fingerprint density at radius 2 is 2.24 bits per heavy atom. The van der Waals surface area contributed by atoms with Crippen LogP contribution in [-0.2, 0) is 16.0 Å². The van der Waals surface area contributed by atoms with E-state index in [9.17, 15) is 0 Å². The van der Waals surface area contributed by atoms with Gasteiger partial charge < -0.3 is 14.0 Å². The summed E-state index contributed by atoms with van der Waals surface area (Å²) in [5.41, 5.74) is 0.931. The fraction of sp³-hybridized carbons (Fsp3) is 0.750. The first-order valence-electron chi connectivity index (χ1n) is 6.18. The summed E-state index contributed by atoms with van der Waals surface area (Å²) in [7, 11) is 0. The molecule has 2 aliphatic rings. The van der Waals surface area contributed by atoms with Gasteiger partial charge in [0.15, 0.2) is 11.5 Å². The number of aryl methyl sites for hydroxylation is 1. The Morgan fingerprint density at radius 1 is 1.41 bits per heavy atom. The molecule has 94 valence electrons. The van der Waals surface area contributed by atoms with E-state index in [0.717, 1.165) is 57.1 Å². The van der Waals surface area contributed by atoms with Crippen LogP contribution in [0.25, 0.3) is 0 Å². The number of nitrogens with zero attached hydrogens (tertiary/aromatic N) is 2. The number of hydrogen-bond donors (Lipinski definition) is 0. The van der Waals surface area contributed by atoms with Gasteiger partial charge in [0.05, 0.1) is 32.0 Å². The molecular formula is C12H18N2O3. The van der Waals surface area contributed by atoms with E-state index in [1.54, 1.807) is 0 Å². The molecule has 2 fully saturated rings. The van der Waals surface area contributed by atoms with Crippen molar-refractivity contribution in [3.05, 3.63) is 17.5 Å². The van der Waals surface area contributed by atoms with Crippen LogP contribution in [0.5, 0.6) is 0 Å². The molecule has 2 aliphatic heterocycles. The topological polar surface area (TPSA) is 47.7 Å². The number of ether oxygens (including phenoxy) is 2. The van der Waals surface area contributed by atoms with Gasteiger partial charge >= 0.3 is 0 Å². The molecular weight excluding hydrogens is 220 g/mol. The molecule has 0 N–H and O–H groups in total. The lowest BCUT2D eigenvalue weighted by Crippen LogP contribution is -2.48. The first-order chi connectivity index (χ1) is 8.26. The molecule has 1 spiro atoms. The minimum atomic E-state index is -0.354. The predicted octanol–water partition coefficient (Wildman–Crippen LogP) is 1.32. The maximum Gasteiger partial charge on any atom is 0.181 e. The number of hydrogen-bond acceptors (Lipinski definition) is 5. The smallest absolute Gasteiger partial charge is 0.181 e. The summed E-state index contributed by atoms with van der Waals surface area (Å²) in [6, 6.07) is 1.98. The van der Waals surface area contributed by atoms with Crippen molar-refractivity contribution in [2.45, 2.75) is 32.1 Å². The molecule has 0 unspecified atom stereocenters. The molecule has 17 heavy (non-hydrogen) atoms. The molecule has 2 saturated heterocycles. The molecule has 5 nitrogen and oxygen atoms in total. The standard InChI is InChI=1S/C12H18N2O3/c1-10-7-11(17-13-10)8-14-4-2-3-12(9-14)15-5-6-16-12/h7H,2-6,8-9H2,1H3. The number of aromatic nitrogens is 1. The van der Waals surface area contributed by atoms with E-state index >= 15 is 0 Å². The van der Waals surface area contributed by atoms with E-state index in [2.05, 4.69) is 10.1 Å². The molecule has 0 radical (unpaired) electrons. The highest BCUT2D eigenvalue weighted by Crippen LogP contribution is 2.30. The van der Waals surface area contributed by atoms with E-state index in [4.69, 9.17) is 14.0 Å². The molecule has 0 amide bonds. The summed E-state index contributed by atoms with van der Waals surface area (Å²) in [6.45, 7) is 6.05. The van der Waals surface area contributed by atoms with Crippen molar-refractivity contribution in [1.82, 2.24) is 10.1 Å². The normalized spacial score (nSPS) is 24.5. The lowest BCUT2D eigenvalue weighted by atomic mass is 10.0. The molecule has 0 aliphatic carbocycles. The van der Waals surface area contributed by atoms with E-state index in [-0.39, 0.29) is 5.79 Å². The van der Waals surface area contributed by atoms with Crippen molar-refractivity contribution in [3.63, 3.8) is 0 Å². The third-order valence-electron chi connectivity index (χ3n) is 3.37. The van der Waals surface area contributed by atoms with Gasteiger partial charge in [-0.05, 0) is 19.9 Å². The SMILES string of the molecule is Cc1cc(CN2CCCC3(C2)OCCO3)on1. The van der Waals surface area contributed by atoms with Crippen molar-refractivity contribution >= 4 is 0 Å². The maximum atomic E-state index is 5.74. The second-order valence-corrected chi connectivity index (χ2v) is 4.86. The second-order valence-electron chi connectivity index (χ2n) is 4.86. The average Bonchev–Trinajstić information content (AvgIpc) is 2.89. The van der Waals surface area contributed by atoms with Crippen LogP contribution >= 0.6 is 0 Å². The summed E-state index contributed by atoms with van der Waals surface area (Å²) < 4.78 is 16.7. The Morgan fingerprint density at radius 3 is 2.94 bits per heavy atom. The molecule has 0 atom stereocenters. The van der Waals surface area contributed by atoms with Crippen LogP contribution < -0.4 is 0 Å². The van der Waals surface area contributed by atoms with Crippen LogP contribution in [0.1, 0.15) is 24.3 Å². The summed E-state index contributed by atoms with van der Waals surface area (Å²) in [5, 5.41) is 3.91. The van der Waals surface area contributed by atoms with Crippen molar-refractivity contribution < 1.29 is 14.0 Å². The van der Waals surface area contributed by atoms with Crippen molar-refractivity contribution in [1.29, 1.82) is 0 Å². The molecule has 5 heteroatoms. The third kappa shape index (κ3) is 2.36.